The molecule has 1 aliphatic carbocycles. The molecule has 5 heteroatoms. The normalized spacial score (nSPS) is 29.3. The molecule has 20 heavy (non-hydrogen) atoms. The summed E-state index contributed by atoms with van der Waals surface area (Å²) < 4.78 is 0. The lowest BCUT2D eigenvalue weighted by molar-refractivity contribution is -0.385. The molecule has 2 aliphatic rings. The number of aryl methyl sites for hydroxylation is 1. The first kappa shape index (κ1) is 13.3. The first-order valence-corrected chi connectivity index (χ1v) is 7.46. The zero-order valence-corrected chi connectivity index (χ0v) is 12.1. The van der Waals surface area contributed by atoms with E-state index in [0.29, 0.717) is 17.7 Å². The van der Waals surface area contributed by atoms with Crippen molar-refractivity contribution in [3.63, 3.8) is 0 Å². The average molecular weight is 275 g/mol. The van der Waals surface area contributed by atoms with E-state index in [4.69, 9.17) is 0 Å². The minimum absolute atomic E-state index is 0.112. The third-order valence-electron chi connectivity index (χ3n) is 4.93. The Morgan fingerprint density at radius 1 is 1.35 bits per heavy atom. The summed E-state index contributed by atoms with van der Waals surface area (Å²) in [4.78, 5) is 17.4. The van der Waals surface area contributed by atoms with Crippen molar-refractivity contribution in [3.8, 4) is 0 Å². The van der Waals surface area contributed by atoms with Crippen molar-refractivity contribution in [2.45, 2.75) is 45.6 Å². The van der Waals surface area contributed by atoms with E-state index in [-0.39, 0.29) is 10.6 Å². The molecular formula is C15H21N3O2. The molecule has 0 aromatic carbocycles. The van der Waals surface area contributed by atoms with Gasteiger partial charge in [-0.15, -0.1) is 0 Å². The number of hydrogen-bond acceptors (Lipinski definition) is 4. The highest BCUT2D eigenvalue weighted by Crippen LogP contribution is 2.41. The Labute approximate surface area is 119 Å². The van der Waals surface area contributed by atoms with Crippen molar-refractivity contribution < 1.29 is 4.92 Å². The molecule has 3 rings (SSSR count). The zero-order chi connectivity index (χ0) is 14.3. The highest BCUT2D eigenvalue weighted by atomic mass is 16.6. The van der Waals surface area contributed by atoms with E-state index in [0.717, 1.165) is 18.3 Å². The summed E-state index contributed by atoms with van der Waals surface area (Å²) in [5.74, 6) is 2.37. The molecule has 3 unspecified atom stereocenters. The lowest BCUT2D eigenvalue weighted by Crippen LogP contribution is -2.35. The van der Waals surface area contributed by atoms with Gasteiger partial charge in [0.05, 0.1) is 4.92 Å². The van der Waals surface area contributed by atoms with E-state index in [9.17, 15) is 10.1 Å². The average Bonchev–Trinajstić information content (AvgIpc) is 2.76. The van der Waals surface area contributed by atoms with Crippen LogP contribution < -0.4 is 4.90 Å². The third kappa shape index (κ3) is 2.15. The summed E-state index contributed by atoms with van der Waals surface area (Å²) >= 11 is 0. The lowest BCUT2D eigenvalue weighted by atomic mass is 9.80. The Hall–Kier alpha value is -1.65. The summed E-state index contributed by atoms with van der Waals surface area (Å²) in [5.41, 5.74) is 0.626. The van der Waals surface area contributed by atoms with Crippen LogP contribution in [-0.2, 0) is 0 Å². The molecule has 2 fully saturated rings. The van der Waals surface area contributed by atoms with Crippen LogP contribution in [0, 0.1) is 28.9 Å². The maximum absolute atomic E-state index is 10.9. The highest BCUT2D eigenvalue weighted by Gasteiger charge is 2.41. The number of fused-ring (bicyclic) bond motifs is 1. The van der Waals surface area contributed by atoms with Crippen molar-refractivity contribution in [2.24, 2.45) is 11.8 Å². The number of nitro groups is 1. The molecule has 0 bridgehead atoms. The van der Waals surface area contributed by atoms with E-state index >= 15 is 0 Å². The number of nitrogens with zero attached hydrogens (tertiary/aromatic N) is 3. The Kier molecular flexibility index (Phi) is 3.36. The van der Waals surface area contributed by atoms with Gasteiger partial charge in [-0.25, -0.2) is 4.98 Å². The van der Waals surface area contributed by atoms with Crippen LogP contribution in [-0.4, -0.2) is 22.5 Å². The van der Waals surface area contributed by atoms with E-state index in [1.165, 1.54) is 25.7 Å². The molecule has 0 N–H and O–H groups in total. The summed E-state index contributed by atoms with van der Waals surface area (Å²) in [5, 5.41) is 10.9. The second-order valence-electron chi connectivity index (χ2n) is 6.18. The molecule has 108 valence electrons. The number of hydrogen-bond donors (Lipinski definition) is 0. The first-order valence-electron chi connectivity index (χ1n) is 7.46. The van der Waals surface area contributed by atoms with Gasteiger partial charge < -0.3 is 4.90 Å². The van der Waals surface area contributed by atoms with Crippen molar-refractivity contribution in [2.75, 3.05) is 11.4 Å². The fraction of sp³-hybridized carbons (Fsp3) is 0.667. The molecule has 5 nitrogen and oxygen atoms in total. The quantitative estimate of drug-likeness (QED) is 0.613. The number of aromatic nitrogens is 1. The van der Waals surface area contributed by atoms with E-state index in [2.05, 4.69) is 16.8 Å². The summed E-state index contributed by atoms with van der Waals surface area (Å²) in [6.07, 6.45) is 5.17. The van der Waals surface area contributed by atoms with Crippen LogP contribution in [0.3, 0.4) is 0 Å². The van der Waals surface area contributed by atoms with Crippen LogP contribution >= 0.6 is 0 Å². The fourth-order valence-corrected chi connectivity index (χ4v) is 3.93. The van der Waals surface area contributed by atoms with Crippen LogP contribution in [0.4, 0.5) is 11.5 Å². The molecule has 0 amide bonds. The predicted octanol–water partition coefficient (Wildman–Crippen LogP) is 3.31. The van der Waals surface area contributed by atoms with Gasteiger partial charge in [0.25, 0.3) is 5.69 Å². The van der Waals surface area contributed by atoms with Crippen molar-refractivity contribution in [1.29, 1.82) is 0 Å². The van der Waals surface area contributed by atoms with Crippen LogP contribution in [0.15, 0.2) is 12.1 Å². The SMILES string of the molecule is Cc1nc(N2CC(C)C3CCCCC32)ccc1[N+](=O)[O-]. The van der Waals surface area contributed by atoms with Gasteiger partial charge in [0.15, 0.2) is 0 Å². The topological polar surface area (TPSA) is 59.3 Å². The van der Waals surface area contributed by atoms with Gasteiger partial charge in [0, 0.05) is 18.7 Å². The van der Waals surface area contributed by atoms with Crippen molar-refractivity contribution >= 4 is 11.5 Å². The van der Waals surface area contributed by atoms with Gasteiger partial charge in [-0.3, -0.25) is 10.1 Å². The molecule has 3 atom stereocenters. The maximum atomic E-state index is 10.9. The molecule has 1 aromatic heterocycles. The summed E-state index contributed by atoms with van der Waals surface area (Å²) in [6.45, 7) is 5.07. The second-order valence-corrected chi connectivity index (χ2v) is 6.18. The molecule has 1 aliphatic heterocycles. The van der Waals surface area contributed by atoms with Gasteiger partial charge in [-0.2, -0.15) is 0 Å². The number of pyridine rings is 1. The second kappa shape index (κ2) is 5.04. The van der Waals surface area contributed by atoms with E-state index < -0.39 is 0 Å². The molecular weight excluding hydrogens is 254 g/mol. The summed E-state index contributed by atoms with van der Waals surface area (Å²) in [6, 6.07) is 3.99. The monoisotopic (exact) mass is 275 g/mol. The fourth-order valence-electron chi connectivity index (χ4n) is 3.93. The smallest absolute Gasteiger partial charge is 0.290 e. The highest BCUT2D eigenvalue weighted by molar-refractivity contribution is 5.48. The lowest BCUT2D eigenvalue weighted by Gasteiger charge is -2.32. The number of anilines is 1. The zero-order valence-electron chi connectivity index (χ0n) is 12.1. The van der Waals surface area contributed by atoms with Gasteiger partial charge in [0.1, 0.15) is 11.5 Å². The molecule has 1 saturated heterocycles. The van der Waals surface area contributed by atoms with Crippen LogP contribution in [0.5, 0.6) is 0 Å². The summed E-state index contributed by atoms with van der Waals surface area (Å²) in [7, 11) is 0. The van der Waals surface area contributed by atoms with Gasteiger partial charge in [-0.1, -0.05) is 19.8 Å². The molecule has 2 heterocycles. The van der Waals surface area contributed by atoms with E-state index in [1.54, 1.807) is 13.0 Å². The van der Waals surface area contributed by atoms with E-state index in [1.807, 2.05) is 6.07 Å². The van der Waals surface area contributed by atoms with Crippen molar-refractivity contribution in [1.82, 2.24) is 4.98 Å². The Balaban J connectivity index is 1.89. The Morgan fingerprint density at radius 2 is 2.10 bits per heavy atom. The Bertz CT molecular complexity index is 532. The van der Waals surface area contributed by atoms with Crippen LogP contribution in [0.1, 0.15) is 38.3 Å². The number of rotatable bonds is 2. The van der Waals surface area contributed by atoms with Crippen molar-refractivity contribution in [3.05, 3.63) is 27.9 Å². The predicted molar refractivity (Wildman–Crippen MR) is 77.9 cm³/mol. The molecule has 0 radical (unpaired) electrons. The minimum atomic E-state index is -0.359. The minimum Gasteiger partial charge on any atom is -0.353 e. The maximum Gasteiger partial charge on any atom is 0.290 e. The van der Waals surface area contributed by atoms with Gasteiger partial charge in [0.2, 0.25) is 0 Å². The van der Waals surface area contributed by atoms with Crippen LogP contribution in [0.2, 0.25) is 0 Å². The molecule has 0 spiro atoms. The Morgan fingerprint density at radius 3 is 2.80 bits per heavy atom. The van der Waals surface area contributed by atoms with Gasteiger partial charge >= 0.3 is 0 Å². The largest absolute Gasteiger partial charge is 0.353 e. The third-order valence-corrected chi connectivity index (χ3v) is 4.93. The molecule has 1 saturated carbocycles. The standard InChI is InChI=1S/C15H21N3O2/c1-10-9-17(14-6-4-3-5-12(10)14)15-8-7-13(18(19)20)11(2)16-15/h7-8,10,12,14H,3-6,9H2,1-2H3. The first-order chi connectivity index (χ1) is 9.58. The van der Waals surface area contributed by atoms with Crippen LogP contribution in [0.25, 0.3) is 0 Å². The van der Waals surface area contributed by atoms with Gasteiger partial charge in [-0.05, 0) is 37.7 Å². The molecule has 1 aromatic rings.